The van der Waals surface area contributed by atoms with Crippen molar-refractivity contribution < 1.29 is 4.74 Å². The van der Waals surface area contributed by atoms with Crippen LogP contribution in [0.15, 0.2) is 4.99 Å². The molecule has 0 spiro atoms. The number of nitrogens with two attached hydrogens (primary N) is 1. The zero-order chi connectivity index (χ0) is 10.4. The summed E-state index contributed by atoms with van der Waals surface area (Å²) >= 11 is 1.27. The average molecular weight is 215 g/mol. The van der Waals surface area contributed by atoms with E-state index in [1.165, 1.54) is 11.5 Å². The summed E-state index contributed by atoms with van der Waals surface area (Å²) in [4.78, 5) is 5.09. The van der Waals surface area contributed by atoms with Crippen LogP contribution in [0.3, 0.4) is 0 Å². The summed E-state index contributed by atoms with van der Waals surface area (Å²) in [6.45, 7) is 2.99. The maximum atomic E-state index is 5.34. The van der Waals surface area contributed by atoms with Crippen molar-refractivity contribution in [2.45, 2.75) is 6.92 Å². The number of rotatable bonds is 4. The predicted octanol–water partition coefficient (Wildman–Crippen LogP) is -0.297. The minimum absolute atomic E-state index is 0.563. The summed E-state index contributed by atoms with van der Waals surface area (Å²) in [5, 5.41) is 3.87. The normalized spacial score (nSPS) is 11.8. The molecular weight excluding hydrogens is 202 g/mol. The number of amidine groups is 1. The number of hydrogen-bond donors (Lipinski definition) is 2. The van der Waals surface area contributed by atoms with Crippen LogP contribution in [-0.2, 0) is 4.74 Å². The first-order valence-corrected chi connectivity index (χ1v) is 4.86. The van der Waals surface area contributed by atoms with Crippen molar-refractivity contribution in [1.82, 2.24) is 15.0 Å². The van der Waals surface area contributed by atoms with Gasteiger partial charge >= 0.3 is 0 Å². The monoisotopic (exact) mass is 215 g/mol. The molecule has 0 aliphatic rings. The van der Waals surface area contributed by atoms with Crippen LogP contribution in [0, 0.1) is 6.92 Å². The zero-order valence-corrected chi connectivity index (χ0v) is 8.97. The molecule has 1 heterocycles. The largest absolute Gasteiger partial charge is 0.383 e. The van der Waals surface area contributed by atoms with Gasteiger partial charge in [-0.2, -0.15) is 0 Å². The fourth-order valence-electron chi connectivity index (χ4n) is 0.880. The third-order valence-electron chi connectivity index (χ3n) is 1.57. The Morgan fingerprint density at radius 1 is 1.71 bits per heavy atom. The number of ether oxygens (including phenoxy) is 1. The molecule has 3 N–H and O–H groups in total. The molecule has 0 aliphatic heterocycles. The summed E-state index contributed by atoms with van der Waals surface area (Å²) < 4.78 is 8.68. The molecule has 0 radical (unpaired) electrons. The Kier molecular flexibility index (Phi) is 4.44. The van der Waals surface area contributed by atoms with Crippen molar-refractivity contribution in [2.75, 3.05) is 20.3 Å². The Hall–Kier alpha value is -1.05. The number of aliphatic imine (C=N–C) groups is 1. The van der Waals surface area contributed by atoms with E-state index in [0.29, 0.717) is 19.0 Å². The van der Waals surface area contributed by atoms with E-state index in [4.69, 9.17) is 10.6 Å². The Balaban J connectivity index is 2.71. The lowest BCUT2D eigenvalue weighted by Crippen LogP contribution is -2.31. The SMILES string of the molecule is COCCN=C(NN)c1snnc1C. The molecule has 7 heteroatoms. The molecule has 0 fully saturated rings. The molecule has 0 aromatic carbocycles. The van der Waals surface area contributed by atoms with Crippen molar-refractivity contribution in [1.29, 1.82) is 0 Å². The number of aromatic nitrogens is 2. The second kappa shape index (κ2) is 5.63. The van der Waals surface area contributed by atoms with Gasteiger partial charge in [0.15, 0.2) is 5.84 Å². The number of hydrazine groups is 1. The molecule has 0 saturated carbocycles. The van der Waals surface area contributed by atoms with E-state index in [0.717, 1.165) is 10.6 Å². The van der Waals surface area contributed by atoms with Crippen molar-refractivity contribution in [3.05, 3.63) is 10.6 Å². The topological polar surface area (TPSA) is 85.4 Å². The van der Waals surface area contributed by atoms with E-state index < -0.39 is 0 Å². The van der Waals surface area contributed by atoms with Crippen LogP contribution in [0.1, 0.15) is 10.6 Å². The highest BCUT2D eigenvalue weighted by molar-refractivity contribution is 7.08. The third-order valence-corrected chi connectivity index (χ3v) is 2.40. The Bertz CT molecular complexity index is 311. The molecule has 1 rings (SSSR count). The van der Waals surface area contributed by atoms with Crippen molar-refractivity contribution >= 4 is 17.4 Å². The number of nitrogens with zero attached hydrogens (tertiary/aromatic N) is 3. The fourth-order valence-corrected chi connectivity index (χ4v) is 1.51. The van der Waals surface area contributed by atoms with E-state index >= 15 is 0 Å². The van der Waals surface area contributed by atoms with E-state index in [2.05, 4.69) is 20.0 Å². The van der Waals surface area contributed by atoms with Crippen molar-refractivity contribution in [3.8, 4) is 0 Å². The van der Waals surface area contributed by atoms with Crippen LogP contribution in [0.5, 0.6) is 0 Å². The first-order valence-electron chi connectivity index (χ1n) is 4.09. The molecule has 0 saturated heterocycles. The molecule has 0 amide bonds. The molecule has 14 heavy (non-hydrogen) atoms. The van der Waals surface area contributed by atoms with E-state index in [1.807, 2.05) is 6.92 Å². The Morgan fingerprint density at radius 3 is 3.00 bits per heavy atom. The van der Waals surface area contributed by atoms with Crippen molar-refractivity contribution in [3.63, 3.8) is 0 Å². The van der Waals surface area contributed by atoms with Gasteiger partial charge in [0, 0.05) is 7.11 Å². The van der Waals surface area contributed by atoms with Crippen LogP contribution in [0.2, 0.25) is 0 Å². The van der Waals surface area contributed by atoms with Crippen LogP contribution in [0.25, 0.3) is 0 Å². The minimum atomic E-state index is 0.563. The van der Waals surface area contributed by atoms with E-state index in [-0.39, 0.29) is 0 Å². The van der Waals surface area contributed by atoms with Gasteiger partial charge in [-0.05, 0) is 18.5 Å². The summed E-state index contributed by atoms with van der Waals surface area (Å²) in [5.74, 6) is 5.95. The quantitative estimate of drug-likeness (QED) is 0.237. The van der Waals surface area contributed by atoms with Crippen LogP contribution in [-0.4, -0.2) is 35.7 Å². The lowest BCUT2D eigenvalue weighted by Gasteiger charge is -2.02. The molecule has 0 atom stereocenters. The second-order valence-corrected chi connectivity index (χ2v) is 3.31. The van der Waals surface area contributed by atoms with Gasteiger partial charge in [0.05, 0.1) is 18.8 Å². The molecular formula is C7H13N5OS. The first-order chi connectivity index (χ1) is 6.79. The summed E-state index contributed by atoms with van der Waals surface area (Å²) in [5.41, 5.74) is 3.35. The number of aryl methyl sites for hydroxylation is 1. The standard InChI is InChI=1S/C7H13N5OS/c1-5-6(14-12-11-5)7(10-8)9-3-4-13-2/h3-4,8H2,1-2H3,(H,9,10). The van der Waals surface area contributed by atoms with Gasteiger partial charge in [-0.1, -0.05) is 4.49 Å². The number of nitrogens with one attached hydrogen (secondary N) is 1. The molecule has 0 bridgehead atoms. The highest BCUT2D eigenvalue weighted by Crippen LogP contribution is 2.08. The van der Waals surface area contributed by atoms with E-state index in [9.17, 15) is 0 Å². The number of hydrogen-bond acceptors (Lipinski definition) is 6. The maximum Gasteiger partial charge on any atom is 0.156 e. The molecule has 1 aromatic rings. The average Bonchev–Trinajstić information content (AvgIpc) is 2.60. The van der Waals surface area contributed by atoms with Gasteiger partial charge in [-0.25, -0.2) is 5.84 Å². The summed E-state index contributed by atoms with van der Waals surface area (Å²) in [7, 11) is 1.63. The maximum absolute atomic E-state index is 5.34. The van der Waals surface area contributed by atoms with Crippen molar-refractivity contribution in [2.24, 2.45) is 10.8 Å². The third kappa shape index (κ3) is 2.72. The van der Waals surface area contributed by atoms with Crippen LogP contribution >= 0.6 is 11.5 Å². The Morgan fingerprint density at radius 2 is 2.50 bits per heavy atom. The predicted molar refractivity (Wildman–Crippen MR) is 55.2 cm³/mol. The van der Waals surface area contributed by atoms with Crippen LogP contribution < -0.4 is 11.3 Å². The smallest absolute Gasteiger partial charge is 0.156 e. The van der Waals surface area contributed by atoms with Gasteiger partial charge < -0.3 is 10.2 Å². The summed E-state index contributed by atoms with van der Waals surface area (Å²) in [6, 6.07) is 0. The van der Waals surface area contributed by atoms with E-state index in [1.54, 1.807) is 7.11 Å². The van der Waals surface area contributed by atoms with Gasteiger partial charge in [0.25, 0.3) is 0 Å². The lowest BCUT2D eigenvalue weighted by atomic mass is 10.4. The molecule has 0 unspecified atom stereocenters. The highest BCUT2D eigenvalue weighted by atomic mass is 32.1. The summed E-state index contributed by atoms with van der Waals surface area (Å²) in [6.07, 6.45) is 0. The van der Waals surface area contributed by atoms with Gasteiger partial charge in [0.2, 0.25) is 0 Å². The fraction of sp³-hybridized carbons (Fsp3) is 0.571. The number of methoxy groups -OCH3 is 1. The van der Waals surface area contributed by atoms with Gasteiger partial charge in [-0.15, -0.1) is 5.10 Å². The molecule has 78 valence electrons. The molecule has 6 nitrogen and oxygen atoms in total. The zero-order valence-electron chi connectivity index (χ0n) is 8.15. The molecule has 0 aliphatic carbocycles. The highest BCUT2D eigenvalue weighted by Gasteiger charge is 2.08. The molecule has 1 aromatic heterocycles. The van der Waals surface area contributed by atoms with Crippen LogP contribution in [0.4, 0.5) is 0 Å². The first kappa shape index (κ1) is 11.0. The Labute approximate surface area is 86.3 Å². The second-order valence-electron chi connectivity index (χ2n) is 2.55. The minimum Gasteiger partial charge on any atom is -0.383 e. The van der Waals surface area contributed by atoms with Gasteiger partial charge in [0.1, 0.15) is 4.88 Å². The lowest BCUT2D eigenvalue weighted by molar-refractivity contribution is 0.208. The van der Waals surface area contributed by atoms with Gasteiger partial charge in [-0.3, -0.25) is 4.99 Å².